The van der Waals surface area contributed by atoms with Gasteiger partial charge in [0.2, 0.25) is 0 Å². The predicted molar refractivity (Wildman–Crippen MR) is 60.6 cm³/mol. The van der Waals surface area contributed by atoms with Gasteiger partial charge in [-0.3, -0.25) is 4.79 Å². The molecule has 0 heterocycles. The lowest BCUT2D eigenvalue weighted by atomic mass is 10.3. The van der Waals surface area contributed by atoms with Crippen LogP contribution in [0, 0.1) is 0 Å². The van der Waals surface area contributed by atoms with Crippen LogP contribution >= 0.6 is 0 Å². The molecule has 0 aliphatic carbocycles. The van der Waals surface area contributed by atoms with Crippen LogP contribution in [0.5, 0.6) is 0 Å². The smallest absolute Gasteiger partial charge is 0.317 e. The highest BCUT2D eigenvalue weighted by Crippen LogP contribution is 1.84. The van der Waals surface area contributed by atoms with Gasteiger partial charge in [-0.2, -0.15) is 0 Å². The van der Waals surface area contributed by atoms with Crippen LogP contribution in [0.4, 0.5) is 0 Å². The van der Waals surface area contributed by atoms with E-state index in [0.29, 0.717) is 13.1 Å². The molecule has 0 aromatic heterocycles. The van der Waals surface area contributed by atoms with Crippen molar-refractivity contribution in [2.75, 3.05) is 26.2 Å². The average molecular weight is 215 g/mol. The number of nitrogens with one attached hydrogen (secondary N) is 3. The second kappa shape index (κ2) is 9.33. The number of hydrogen-bond acceptors (Lipinski definition) is 4. The first kappa shape index (κ1) is 13.8. The van der Waals surface area contributed by atoms with Crippen molar-refractivity contribution in [3.05, 3.63) is 12.4 Å². The Bertz CT molecular complexity index is 195. The number of aliphatic carboxylic acids is 1. The van der Waals surface area contributed by atoms with Crippen molar-refractivity contribution < 1.29 is 9.90 Å². The molecule has 0 aromatic carbocycles. The van der Waals surface area contributed by atoms with Gasteiger partial charge in [-0.25, -0.2) is 0 Å². The Kier molecular flexibility index (Phi) is 8.56. The monoisotopic (exact) mass is 215 g/mol. The Morgan fingerprint density at radius 3 is 2.53 bits per heavy atom. The molecule has 0 aliphatic heterocycles. The highest BCUT2D eigenvalue weighted by Gasteiger charge is 1.94. The Hall–Kier alpha value is -1.23. The van der Waals surface area contributed by atoms with Crippen molar-refractivity contribution in [2.45, 2.75) is 19.8 Å². The molecule has 0 atom stereocenters. The van der Waals surface area contributed by atoms with Crippen molar-refractivity contribution in [1.29, 1.82) is 0 Å². The van der Waals surface area contributed by atoms with Crippen molar-refractivity contribution >= 4 is 5.97 Å². The number of carboxylic acids is 1. The molecule has 0 fully saturated rings. The fraction of sp³-hybridized carbons (Fsp3) is 0.700. The standard InChI is InChI=1S/C10H21N3O2/c1-3-4-5-12-9(2)13-7-6-11-8-10(14)15/h11-13H,2-8H2,1H3,(H,14,15). The SMILES string of the molecule is C=C(NCCCC)NCCNCC(=O)O. The van der Waals surface area contributed by atoms with E-state index in [-0.39, 0.29) is 6.54 Å². The van der Waals surface area contributed by atoms with Gasteiger partial charge in [0.15, 0.2) is 0 Å². The van der Waals surface area contributed by atoms with Crippen LogP contribution in [0.3, 0.4) is 0 Å². The predicted octanol–water partition coefficient (Wildman–Crippen LogP) is 0.111. The summed E-state index contributed by atoms with van der Waals surface area (Å²) in [5.74, 6) is -0.0459. The van der Waals surface area contributed by atoms with Crippen molar-refractivity contribution in [3.63, 3.8) is 0 Å². The van der Waals surface area contributed by atoms with E-state index in [1.807, 2.05) is 0 Å². The van der Waals surface area contributed by atoms with Gasteiger partial charge in [-0.1, -0.05) is 19.9 Å². The molecule has 0 aromatic rings. The summed E-state index contributed by atoms with van der Waals surface area (Å²) in [6.07, 6.45) is 2.28. The number of rotatable bonds is 10. The van der Waals surface area contributed by atoms with E-state index in [4.69, 9.17) is 5.11 Å². The zero-order chi connectivity index (χ0) is 11.5. The van der Waals surface area contributed by atoms with Crippen LogP contribution in [0.1, 0.15) is 19.8 Å². The molecule has 15 heavy (non-hydrogen) atoms. The zero-order valence-corrected chi connectivity index (χ0v) is 9.31. The number of unbranched alkanes of at least 4 members (excludes halogenated alkanes) is 1. The summed E-state index contributed by atoms with van der Waals surface area (Å²) in [6.45, 7) is 8.13. The van der Waals surface area contributed by atoms with Gasteiger partial charge in [0.05, 0.1) is 12.4 Å². The third-order valence-electron chi connectivity index (χ3n) is 1.79. The highest BCUT2D eigenvalue weighted by atomic mass is 16.4. The first-order valence-corrected chi connectivity index (χ1v) is 5.26. The molecule has 0 aliphatic rings. The van der Waals surface area contributed by atoms with Crippen molar-refractivity contribution in [1.82, 2.24) is 16.0 Å². The van der Waals surface area contributed by atoms with E-state index >= 15 is 0 Å². The molecule has 0 bridgehead atoms. The fourth-order valence-corrected chi connectivity index (χ4v) is 0.976. The molecular weight excluding hydrogens is 194 g/mol. The third-order valence-corrected chi connectivity index (χ3v) is 1.79. The summed E-state index contributed by atoms with van der Waals surface area (Å²) in [5.41, 5.74) is 0. The molecule has 0 saturated carbocycles. The maximum atomic E-state index is 10.2. The van der Waals surface area contributed by atoms with Gasteiger partial charge < -0.3 is 21.1 Å². The summed E-state index contributed by atoms with van der Waals surface area (Å²) in [6, 6.07) is 0. The van der Waals surface area contributed by atoms with E-state index in [1.54, 1.807) is 0 Å². The van der Waals surface area contributed by atoms with Crippen molar-refractivity contribution in [3.8, 4) is 0 Å². The molecule has 5 nitrogen and oxygen atoms in total. The van der Waals surface area contributed by atoms with E-state index in [9.17, 15) is 4.79 Å². The lowest BCUT2D eigenvalue weighted by molar-refractivity contribution is -0.135. The minimum atomic E-state index is -0.838. The van der Waals surface area contributed by atoms with Gasteiger partial charge in [0.1, 0.15) is 0 Å². The highest BCUT2D eigenvalue weighted by molar-refractivity contribution is 5.68. The lowest BCUT2D eigenvalue weighted by Crippen LogP contribution is -2.34. The molecule has 0 amide bonds. The summed E-state index contributed by atoms with van der Waals surface area (Å²) in [5, 5.41) is 17.3. The van der Waals surface area contributed by atoms with E-state index in [2.05, 4.69) is 29.5 Å². The summed E-state index contributed by atoms with van der Waals surface area (Å²) in [4.78, 5) is 10.2. The third kappa shape index (κ3) is 10.7. The average Bonchev–Trinajstić information content (AvgIpc) is 2.17. The van der Waals surface area contributed by atoms with Gasteiger partial charge in [-0.05, 0) is 6.42 Å². The number of hydrogen-bond donors (Lipinski definition) is 4. The van der Waals surface area contributed by atoms with Gasteiger partial charge >= 0.3 is 5.97 Å². The van der Waals surface area contributed by atoms with Crippen LogP contribution in [-0.4, -0.2) is 37.3 Å². The molecule has 4 N–H and O–H groups in total. The fourth-order valence-electron chi connectivity index (χ4n) is 0.976. The normalized spacial score (nSPS) is 9.67. The largest absolute Gasteiger partial charge is 0.480 e. The summed E-state index contributed by atoms with van der Waals surface area (Å²) < 4.78 is 0. The molecule has 0 spiro atoms. The van der Waals surface area contributed by atoms with E-state index in [0.717, 1.165) is 25.2 Å². The van der Waals surface area contributed by atoms with E-state index in [1.165, 1.54) is 0 Å². The Labute approximate surface area is 90.9 Å². The van der Waals surface area contributed by atoms with Crippen LogP contribution in [0.2, 0.25) is 0 Å². The first-order valence-electron chi connectivity index (χ1n) is 5.26. The molecule has 0 radical (unpaired) electrons. The quantitative estimate of drug-likeness (QED) is 0.389. The lowest BCUT2D eigenvalue weighted by Gasteiger charge is -2.11. The molecule has 0 unspecified atom stereocenters. The van der Waals surface area contributed by atoms with Crippen LogP contribution in [-0.2, 0) is 4.79 Å². The maximum absolute atomic E-state index is 10.2. The minimum absolute atomic E-state index is 0.00256. The van der Waals surface area contributed by atoms with E-state index < -0.39 is 5.97 Å². The van der Waals surface area contributed by atoms with Crippen LogP contribution in [0.25, 0.3) is 0 Å². The molecule has 0 rings (SSSR count). The Balaban J connectivity index is 3.20. The minimum Gasteiger partial charge on any atom is -0.480 e. The van der Waals surface area contributed by atoms with Gasteiger partial charge in [0.25, 0.3) is 0 Å². The second-order valence-corrected chi connectivity index (χ2v) is 3.26. The van der Waals surface area contributed by atoms with Gasteiger partial charge in [-0.15, -0.1) is 0 Å². The van der Waals surface area contributed by atoms with Gasteiger partial charge in [0, 0.05) is 19.6 Å². The van der Waals surface area contributed by atoms with Crippen molar-refractivity contribution in [2.24, 2.45) is 0 Å². The van der Waals surface area contributed by atoms with Crippen LogP contribution in [0.15, 0.2) is 12.4 Å². The topological polar surface area (TPSA) is 73.4 Å². The zero-order valence-electron chi connectivity index (χ0n) is 9.31. The van der Waals surface area contributed by atoms with Crippen LogP contribution < -0.4 is 16.0 Å². The number of carboxylic acid groups (broad SMARTS) is 1. The second-order valence-electron chi connectivity index (χ2n) is 3.26. The molecular formula is C10H21N3O2. The number of carbonyl (C=O) groups is 1. The maximum Gasteiger partial charge on any atom is 0.317 e. The molecule has 88 valence electrons. The summed E-state index contributed by atoms with van der Waals surface area (Å²) in [7, 11) is 0. The Morgan fingerprint density at radius 1 is 1.27 bits per heavy atom. The molecule has 0 saturated heterocycles. The first-order chi connectivity index (χ1) is 7.16. The Morgan fingerprint density at radius 2 is 1.93 bits per heavy atom. The molecule has 5 heteroatoms. The summed E-state index contributed by atoms with van der Waals surface area (Å²) >= 11 is 0.